The Morgan fingerprint density at radius 2 is 1.95 bits per heavy atom. The van der Waals surface area contributed by atoms with Crippen LogP contribution in [0.2, 0.25) is 0 Å². The second-order valence-electron chi connectivity index (χ2n) is 4.46. The Labute approximate surface area is 115 Å². The molecular weight excluding hydrogens is 242 g/mol. The Bertz CT molecular complexity index is 376. The van der Waals surface area contributed by atoms with Gasteiger partial charge >= 0.3 is 0 Å². The first-order valence-electron chi connectivity index (χ1n) is 6.83. The minimum Gasteiger partial charge on any atom is -0.497 e. The van der Waals surface area contributed by atoms with Gasteiger partial charge in [0.05, 0.1) is 13.2 Å². The zero-order valence-electron chi connectivity index (χ0n) is 12.3. The predicted octanol–water partition coefficient (Wildman–Crippen LogP) is 2.47. The first-order chi connectivity index (χ1) is 9.12. The minimum atomic E-state index is -0.547. The van der Waals surface area contributed by atoms with Crippen molar-refractivity contribution in [1.82, 2.24) is 4.90 Å². The highest BCUT2D eigenvalue weighted by molar-refractivity contribution is 5.41. The molecule has 0 saturated carbocycles. The first-order valence-corrected chi connectivity index (χ1v) is 6.83. The molecule has 0 amide bonds. The van der Waals surface area contributed by atoms with Gasteiger partial charge in [-0.3, -0.25) is 0 Å². The summed E-state index contributed by atoms with van der Waals surface area (Å²) in [5, 5.41) is 9.74. The molecule has 0 unspecified atom stereocenters. The molecule has 1 N–H and O–H groups in total. The van der Waals surface area contributed by atoms with Crippen LogP contribution >= 0.6 is 0 Å². The van der Waals surface area contributed by atoms with Gasteiger partial charge in [0.2, 0.25) is 0 Å². The van der Waals surface area contributed by atoms with Crippen LogP contribution in [0.15, 0.2) is 18.2 Å². The van der Waals surface area contributed by atoms with Crippen molar-refractivity contribution in [2.24, 2.45) is 0 Å². The molecule has 0 aliphatic carbocycles. The van der Waals surface area contributed by atoms with Crippen molar-refractivity contribution in [2.45, 2.75) is 26.9 Å². The predicted molar refractivity (Wildman–Crippen MR) is 76.9 cm³/mol. The lowest BCUT2D eigenvalue weighted by Crippen LogP contribution is -2.28. The molecule has 4 heteroatoms. The first kappa shape index (κ1) is 15.8. The second kappa shape index (κ2) is 8.02. The molecule has 0 heterocycles. The summed E-state index contributed by atoms with van der Waals surface area (Å²) in [5.41, 5.74) is 0.792. The molecule has 0 fully saturated rings. The summed E-state index contributed by atoms with van der Waals surface area (Å²) in [6, 6.07) is 5.50. The summed E-state index contributed by atoms with van der Waals surface area (Å²) in [7, 11) is 1.62. The zero-order valence-corrected chi connectivity index (χ0v) is 12.3. The van der Waals surface area contributed by atoms with E-state index in [0.29, 0.717) is 12.4 Å². The van der Waals surface area contributed by atoms with Crippen LogP contribution in [0.25, 0.3) is 0 Å². The summed E-state index contributed by atoms with van der Waals surface area (Å²) in [5.74, 6) is 1.43. The number of hydrogen-bond donors (Lipinski definition) is 1. The maximum atomic E-state index is 9.74. The fraction of sp³-hybridized carbons (Fsp3) is 0.600. The highest BCUT2D eigenvalue weighted by Gasteiger charge is 2.11. The average molecular weight is 267 g/mol. The van der Waals surface area contributed by atoms with E-state index in [-0.39, 0.29) is 0 Å². The lowest BCUT2D eigenvalue weighted by atomic mass is 10.1. The topological polar surface area (TPSA) is 41.9 Å². The molecule has 0 spiro atoms. The maximum absolute atomic E-state index is 9.74. The maximum Gasteiger partial charge on any atom is 0.128 e. The monoisotopic (exact) mass is 267 g/mol. The molecule has 108 valence electrons. The van der Waals surface area contributed by atoms with Gasteiger partial charge in [0, 0.05) is 18.2 Å². The fourth-order valence-electron chi connectivity index (χ4n) is 1.94. The van der Waals surface area contributed by atoms with Crippen molar-refractivity contribution < 1.29 is 14.6 Å². The number of rotatable bonds is 8. The molecule has 1 aromatic rings. The van der Waals surface area contributed by atoms with Gasteiger partial charge in [-0.25, -0.2) is 0 Å². The molecule has 0 radical (unpaired) electrons. The van der Waals surface area contributed by atoms with Crippen molar-refractivity contribution in [2.75, 3.05) is 33.4 Å². The lowest BCUT2D eigenvalue weighted by Gasteiger charge is -2.19. The van der Waals surface area contributed by atoms with Crippen molar-refractivity contribution in [3.05, 3.63) is 23.8 Å². The normalized spacial score (nSPS) is 12.5. The zero-order chi connectivity index (χ0) is 14.3. The van der Waals surface area contributed by atoms with Gasteiger partial charge in [-0.1, -0.05) is 13.8 Å². The van der Waals surface area contributed by atoms with Gasteiger partial charge in [-0.2, -0.15) is 0 Å². The van der Waals surface area contributed by atoms with Crippen molar-refractivity contribution >= 4 is 0 Å². The van der Waals surface area contributed by atoms with E-state index < -0.39 is 6.10 Å². The highest BCUT2D eigenvalue weighted by atomic mass is 16.5. The van der Waals surface area contributed by atoms with Crippen LogP contribution in [0.5, 0.6) is 11.5 Å². The van der Waals surface area contributed by atoms with Crippen LogP contribution in [0.4, 0.5) is 0 Å². The van der Waals surface area contributed by atoms with E-state index in [1.165, 1.54) is 0 Å². The van der Waals surface area contributed by atoms with Gasteiger partial charge in [-0.05, 0) is 32.1 Å². The number of likely N-dealkylation sites (N-methyl/N-ethyl adjacent to an activating group) is 1. The summed E-state index contributed by atoms with van der Waals surface area (Å²) >= 11 is 0. The van der Waals surface area contributed by atoms with Crippen LogP contribution < -0.4 is 9.47 Å². The summed E-state index contributed by atoms with van der Waals surface area (Å²) in [6.07, 6.45) is -0.547. The largest absolute Gasteiger partial charge is 0.497 e. The summed E-state index contributed by atoms with van der Waals surface area (Å²) in [6.45, 7) is 9.52. The molecular formula is C15H25NO3. The molecule has 1 rings (SSSR count). The van der Waals surface area contributed by atoms with E-state index in [1.54, 1.807) is 14.0 Å². The van der Waals surface area contributed by atoms with E-state index in [0.717, 1.165) is 30.9 Å². The third kappa shape index (κ3) is 4.73. The number of methoxy groups -OCH3 is 1. The van der Waals surface area contributed by atoms with Gasteiger partial charge in [0.25, 0.3) is 0 Å². The Morgan fingerprint density at radius 1 is 1.26 bits per heavy atom. The van der Waals surface area contributed by atoms with Crippen LogP contribution in [0.3, 0.4) is 0 Å². The van der Waals surface area contributed by atoms with E-state index in [2.05, 4.69) is 18.7 Å². The number of benzene rings is 1. The number of nitrogens with zero attached hydrogens (tertiary/aromatic N) is 1. The number of aliphatic hydroxyl groups excluding tert-OH is 1. The Morgan fingerprint density at radius 3 is 2.47 bits per heavy atom. The molecule has 0 saturated heterocycles. The molecule has 0 bridgehead atoms. The van der Waals surface area contributed by atoms with E-state index >= 15 is 0 Å². The molecule has 0 aliphatic rings. The van der Waals surface area contributed by atoms with Crippen molar-refractivity contribution in [1.29, 1.82) is 0 Å². The number of aliphatic hydroxyl groups is 1. The minimum absolute atomic E-state index is 0.547. The number of hydrogen-bond acceptors (Lipinski definition) is 4. The third-order valence-electron chi connectivity index (χ3n) is 3.23. The second-order valence-corrected chi connectivity index (χ2v) is 4.46. The van der Waals surface area contributed by atoms with Gasteiger partial charge in [0.15, 0.2) is 0 Å². The molecule has 1 atom stereocenters. The quantitative estimate of drug-likeness (QED) is 0.785. The highest BCUT2D eigenvalue weighted by Crippen LogP contribution is 2.29. The molecule has 4 nitrogen and oxygen atoms in total. The fourth-order valence-corrected chi connectivity index (χ4v) is 1.94. The average Bonchev–Trinajstić information content (AvgIpc) is 2.43. The number of ether oxygens (including phenoxy) is 2. The Kier molecular flexibility index (Phi) is 6.67. The molecule has 19 heavy (non-hydrogen) atoms. The van der Waals surface area contributed by atoms with Crippen LogP contribution in [0, 0.1) is 0 Å². The smallest absolute Gasteiger partial charge is 0.128 e. The third-order valence-corrected chi connectivity index (χ3v) is 3.23. The molecule has 0 aromatic heterocycles. The lowest BCUT2D eigenvalue weighted by molar-refractivity contribution is 0.184. The summed E-state index contributed by atoms with van der Waals surface area (Å²) in [4.78, 5) is 2.29. The van der Waals surface area contributed by atoms with Crippen LogP contribution in [0.1, 0.15) is 32.4 Å². The van der Waals surface area contributed by atoms with Gasteiger partial charge in [0.1, 0.15) is 18.1 Å². The standard InChI is InChI=1S/C15H25NO3/c1-5-16(6-2)9-10-19-15-11-13(18-4)7-8-14(15)12(3)17/h7-8,11-12,17H,5-6,9-10H2,1-4H3/t12-/m1/s1. The van der Waals surface area contributed by atoms with E-state index in [1.807, 2.05) is 18.2 Å². The van der Waals surface area contributed by atoms with Crippen LogP contribution in [-0.4, -0.2) is 43.4 Å². The van der Waals surface area contributed by atoms with Gasteiger partial charge < -0.3 is 19.5 Å². The van der Waals surface area contributed by atoms with Crippen LogP contribution in [-0.2, 0) is 0 Å². The SMILES string of the molecule is CCN(CC)CCOc1cc(OC)ccc1[C@@H](C)O. The van der Waals surface area contributed by atoms with Crippen molar-refractivity contribution in [3.63, 3.8) is 0 Å². The van der Waals surface area contributed by atoms with Gasteiger partial charge in [-0.15, -0.1) is 0 Å². The van der Waals surface area contributed by atoms with E-state index in [9.17, 15) is 5.11 Å². The van der Waals surface area contributed by atoms with E-state index in [4.69, 9.17) is 9.47 Å². The van der Waals surface area contributed by atoms with Crippen molar-refractivity contribution in [3.8, 4) is 11.5 Å². The Balaban J connectivity index is 2.69. The Hall–Kier alpha value is -1.26. The summed E-state index contributed by atoms with van der Waals surface area (Å²) < 4.78 is 11.0. The molecule has 0 aliphatic heterocycles. The molecule has 1 aromatic carbocycles.